The van der Waals surface area contributed by atoms with Crippen LogP contribution in [-0.4, -0.2) is 42.9 Å². The Kier molecular flexibility index (Phi) is 6.28. The van der Waals surface area contributed by atoms with E-state index in [9.17, 15) is 5.11 Å². The molecule has 0 bridgehead atoms. The molecule has 1 aromatic carbocycles. The summed E-state index contributed by atoms with van der Waals surface area (Å²) in [7, 11) is 3.66. The van der Waals surface area contributed by atoms with E-state index in [4.69, 9.17) is 10.5 Å². The minimum atomic E-state index is 0.0346. The van der Waals surface area contributed by atoms with Crippen LogP contribution in [-0.2, 0) is 0 Å². The number of hydrogen-bond donors (Lipinski definition) is 2. The lowest BCUT2D eigenvalue weighted by molar-refractivity contribution is 0.105. The summed E-state index contributed by atoms with van der Waals surface area (Å²) in [5.74, 6) is 0.838. The highest BCUT2D eigenvalue weighted by atomic mass is 16.5. The average molecular weight is 266 g/mol. The number of ether oxygens (including phenoxy) is 1. The summed E-state index contributed by atoms with van der Waals surface area (Å²) in [5, 5.41) is 9.34. The van der Waals surface area contributed by atoms with Gasteiger partial charge in [-0.05, 0) is 38.1 Å². The van der Waals surface area contributed by atoms with Crippen molar-refractivity contribution in [2.45, 2.75) is 38.4 Å². The normalized spacial score (nSPS) is 16.2. The Hall–Kier alpha value is -1.10. The minimum absolute atomic E-state index is 0.0346. The quantitative estimate of drug-likeness (QED) is 0.790. The lowest BCUT2D eigenvalue weighted by Gasteiger charge is -2.36. The number of aliphatic hydroxyl groups excluding tert-OH is 1. The number of hydrogen-bond acceptors (Lipinski definition) is 4. The molecule has 0 fully saturated rings. The van der Waals surface area contributed by atoms with E-state index >= 15 is 0 Å². The highest BCUT2D eigenvalue weighted by Gasteiger charge is 2.26. The molecule has 3 atom stereocenters. The van der Waals surface area contributed by atoms with Crippen molar-refractivity contribution in [2.75, 3.05) is 20.8 Å². The van der Waals surface area contributed by atoms with E-state index in [2.05, 4.69) is 11.8 Å². The van der Waals surface area contributed by atoms with E-state index in [-0.39, 0.29) is 24.7 Å². The van der Waals surface area contributed by atoms with Gasteiger partial charge < -0.3 is 15.6 Å². The Morgan fingerprint density at radius 1 is 1.32 bits per heavy atom. The van der Waals surface area contributed by atoms with E-state index in [1.807, 2.05) is 38.2 Å². The molecule has 0 aromatic heterocycles. The highest BCUT2D eigenvalue weighted by Crippen LogP contribution is 2.27. The van der Waals surface area contributed by atoms with Crippen LogP contribution in [0.3, 0.4) is 0 Å². The first-order valence-corrected chi connectivity index (χ1v) is 6.77. The number of likely N-dealkylation sites (N-methyl/N-ethyl adjacent to an activating group) is 1. The van der Waals surface area contributed by atoms with Gasteiger partial charge in [0.05, 0.1) is 13.7 Å². The molecule has 3 N–H and O–H groups in total. The summed E-state index contributed by atoms with van der Waals surface area (Å²) in [4.78, 5) is 2.13. The molecule has 0 spiro atoms. The monoisotopic (exact) mass is 266 g/mol. The van der Waals surface area contributed by atoms with Crippen molar-refractivity contribution in [3.63, 3.8) is 0 Å². The zero-order chi connectivity index (χ0) is 14.4. The van der Waals surface area contributed by atoms with Gasteiger partial charge in [0.2, 0.25) is 0 Å². The molecular weight excluding hydrogens is 240 g/mol. The molecule has 0 saturated heterocycles. The first-order valence-electron chi connectivity index (χ1n) is 6.77. The molecule has 1 aromatic rings. The van der Waals surface area contributed by atoms with Crippen molar-refractivity contribution in [1.82, 2.24) is 4.90 Å². The molecule has 0 aliphatic carbocycles. The van der Waals surface area contributed by atoms with Crippen LogP contribution in [0.2, 0.25) is 0 Å². The van der Waals surface area contributed by atoms with Gasteiger partial charge in [0, 0.05) is 18.1 Å². The van der Waals surface area contributed by atoms with Gasteiger partial charge in [-0.3, -0.25) is 4.90 Å². The zero-order valence-corrected chi connectivity index (χ0v) is 12.3. The van der Waals surface area contributed by atoms with Gasteiger partial charge in [0.1, 0.15) is 5.75 Å². The van der Waals surface area contributed by atoms with Crippen molar-refractivity contribution in [1.29, 1.82) is 0 Å². The SMILES string of the molecule is CCC(N)C(c1ccc(OC)cc1)N(C)C(C)CO. The van der Waals surface area contributed by atoms with Gasteiger partial charge in [0.15, 0.2) is 0 Å². The van der Waals surface area contributed by atoms with Crippen molar-refractivity contribution in [3.8, 4) is 5.75 Å². The summed E-state index contributed by atoms with van der Waals surface area (Å²) in [6.45, 7) is 4.21. The second-order valence-electron chi connectivity index (χ2n) is 4.99. The van der Waals surface area contributed by atoms with Crippen molar-refractivity contribution in [2.24, 2.45) is 5.73 Å². The van der Waals surface area contributed by atoms with Crippen LogP contribution < -0.4 is 10.5 Å². The predicted octanol–water partition coefficient (Wildman–Crippen LogP) is 1.79. The highest BCUT2D eigenvalue weighted by molar-refractivity contribution is 5.30. The van der Waals surface area contributed by atoms with Crippen LogP contribution in [0.15, 0.2) is 24.3 Å². The third-order valence-corrected chi connectivity index (χ3v) is 3.73. The molecular formula is C15H26N2O2. The molecule has 4 nitrogen and oxygen atoms in total. The minimum Gasteiger partial charge on any atom is -0.497 e. The van der Waals surface area contributed by atoms with Gasteiger partial charge >= 0.3 is 0 Å². The molecule has 0 saturated carbocycles. The van der Waals surface area contributed by atoms with Crippen LogP contribution in [0.25, 0.3) is 0 Å². The summed E-state index contributed by atoms with van der Waals surface area (Å²) < 4.78 is 5.18. The molecule has 4 heteroatoms. The second-order valence-corrected chi connectivity index (χ2v) is 4.99. The fourth-order valence-corrected chi connectivity index (χ4v) is 2.21. The van der Waals surface area contributed by atoms with E-state index in [1.165, 1.54) is 0 Å². The number of methoxy groups -OCH3 is 1. The van der Waals surface area contributed by atoms with Gasteiger partial charge in [0.25, 0.3) is 0 Å². The standard InChI is InChI=1S/C15H26N2O2/c1-5-14(16)15(17(3)11(2)10-18)12-6-8-13(19-4)9-7-12/h6-9,11,14-15,18H,5,10,16H2,1-4H3. The Labute approximate surface area is 116 Å². The Morgan fingerprint density at radius 3 is 2.32 bits per heavy atom. The number of rotatable bonds is 7. The van der Waals surface area contributed by atoms with Crippen LogP contribution in [0.1, 0.15) is 31.9 Å². The number of benzene rings is 1. The summed E-state index contributed by atoms with van der Waals surface area (Å²) >= 11 is 0. The second kappa shape index (κ2) is 7.48. The Bertz CT molecular complexity index is 367. The average Bonchev–Trinajstić information content (AvgIpc) is 2.46. The van der Waals surface area contributed by atoms with Crippen molar-refractivity contribution >= 4 is 0 Å². The number of nitrogens with two attached hydrogens (primary N) is 1. The van der Waals surface area contributed by atoms with Crippen molar-refractivity contribution in [3.05, 3.63) is 29.8 Å². The van der Waals surface area contributed by atoms with E-state index in [0.717, 1.165) is 17.7 Å². The maximum absolute atomic E-state index is 9.34. The molecule has 0 radical (unpaired) electrons. The van der Waals surface area contributed by atoms with Gasteiger partial charge in [-0.25, -0.2) is 0 Å². The largest absolute Gasteiger partial charge is 0.497 e. The van der Waals surface area contributed by atoms with Crippen LogP contribution in [0.4, 0.5) is 0 Å². The summed E-state index contributed by atoms with van der Waals surface area (Å²) in [6, 6.07) is 8.18. The molecule has 0 aliphatic heterocycles. The van der Waals surface area contributed by atoms with Crippen LogP contribution in [0, 0.1) is 0 Å². The molecule has 0 aliphatic rings. The van der Waals surface area contributed by atoms with E-state index in [1.54, 1.807) is 7.11 Å². The van der Waals surface area contributed by atoms with Gasteiger partial charge in [-0.15, -0.1) is 0 Å². The summed E-state index contributed by atoms with van der Waals surface area (Å²) in [6.07, 6.45) is 0.888. The molecule has 19 heavy (non-hydrogen) atoms. The van der Waals surface area contributed by atoms with Crippen molar-refractivity contribution < 1.29 is 9.84 Å². The lowest BCUT2D eigenvalue weighted by atomic mass is 9.95. The van der Waals surface area contributed by atoms with Crippen LogP contribution in [0.5, 0.6) is 5.75 Å². The van der Waals surface area contributed by atoms with E-state index in [0.29, 0.717) is 0 Å². The topological polar surface area (TPSA) is 58.7 Å². The first kappa shape index (κ1) is 16.0. The molecule has 0 amide bonds. The zero-order valence-electron chi connectivity index (χ0n) is 12.3. The number of nitrogens with zero attached hydrogens (tertiary/aromatic N) is 1. The molecule has 0 heterocycles. The maximum Gasteiger partial charge on any atom is 0.118 e. The van der Waals surface area contributed by atoms with Gasteiger partial charge in [-0.1, -0.05) is 19.1 Å². The fraction of sp³-hybridized carbons (Fsp3) is 0.600. The van der Waals surface area contributed by atoms with Crippen LogP contribution >= 0.6 is 0 Å². The fourth-order valence-electron chi connectivity index (χ4n) is 2.21. The number of aliphatic hydroxyl groups is 1. The molecule has 108 valence electrons. The molecule has 1 rings (SSSR count). The Morgan fingerprint density at radius 2 is 1.89 bits per heavy atom. The first-order chi connectivity index (χ1) is 9.04. The summed E-state index contributed by atoms with van der Waals surface area (Å²) in [5.41, 5.74) is 7.41. The maximum atomic E-state index is 9.34. The molecule has 3 unspecified atom stereocenters. The Balaban J connectivity index is 3.01. The van der Waals surface area contributed by atoms with Gasteiger partial charge in [-0.2, -0.15) is 0 Å². The third-order valence-electron chi connectivity index (χ3n) is 3.73. The predicted molar refractivity (Wildman–Crippen MR) is 78.3 cm³/mol. The van der Waals surface area contributed by atoms with E-state index < -0.39 is 0 Å². The third kappa shape index (κ3) is 3.93. The smallest absolute Gasteiger partial charge is 0.118 e. The lowest BCUT2D eigenvalue weighted by Crippen LogP contribution is -2.44.